The van der Waals surface area contributed by atoms with Crippen LogP contribution in [0.25, 0.3) is 11.1 Å². The Morgan fingerprint density at radius 1 is 0.939 bits per heavy atom. The summed E-state index contributed by atoms with van der Waals surface area (Å²) in [6.45, 7) is 3.17. The standard InChI is InChI=1S/C28H31N3O2/c1-21-5-9-23(10-6-21)24-11-7-22(8-12-24)19-28(27(33)30(2)3)15-4-18-31(20-28)26(32)25-13-16-29-17-14-25/h5-14,16-17H,4,15,18-20H2,1-3H3/t28-/m1/s1. The van der Waals surface area contributed by atoms with Crippen LogP contribution in [-0.2, 0) is 11.2 Å². The Kier molecular flexibility index (Phi) is 6.59. The minimum absolute atomic E-state index is 0.0391. The van der Waals surface area contributed by atoms with Gasteiger partial charge in [0.25, 0.3) is 5.91 Å². The second-order valence-electron chi connectivity index (χ2n) is 9.29. The maximum Gasteiger partial charge on any atom is 0.253 e. The summed E-state index contributed by atoms with van der Waals surface area (Å²) < 4.78 is 0. The van der Waals surface area contributed by atoms with Crippen molar-refractivity contribution in [2.45, 2.75) is 26.2 Å². The number of rotatable bonds is 5. The van der Waals surface area contributed by atoms with Crippen LogP contribution in [0.3, 0.4) is 0 Å². The smallest absolute Gasteiger partial charge is 0.253 e. The molecule has 0 unspecified atom stereocenters. The van der Waals surface area contributed by atoms with E-state index in [1.807, 2.05) is 4.90 Å². The van der Waals surface area contributed by atoms with Crippen molar-refractivity contribution in [2.24, 2.45) is 5.41 Å². The third-order valence-corrected chi connectivity index (χ3v) is 6.53. The maximum atomic E-state index is 13.4. The van der Waals surface area contributed by atoms with E-state index in [9.17, 15) is 9.59 Å². The van der Waals surface area contributed by atoms with Crippen molar-refractivity contribution >= 4 is 11.8 Å². The van der Waals surface area contributed by atoms with Crippen molar-refractivity contribution in [1.29, 1.82) is 0 Å². The summed E-state index contributed by atoms with van der Waals surface area (Å²) in [6.07, 6.45) is 5.44. The van der Waals surface area contributed by atoms with Crippen molar-refractivity contribution in [3.05, 3.63) is 89.7 Å². The number of amides is 2. The summed E-state index contributed by atoms with van der Waals surface area (Å²) in [5.74, 6) is 0.0417. The fourth-order valence-electron chi connectivity index (χ4n) is 4.80. The second kappa shape index (κ2) is 9.57. The van der Waals surface area contributed by atoms with Gasteiger partial charge in [0.15, 0.2) is 0 Å². The minimum atomic E-state index is -0.629. The van der Waals surface area contributed by atoms with Crippen molar-refractivity contribution in [3.63, 3.8) is 0 Å². The summed E-state index contributed by atoms with van der Waals surface area (Å²) >= 11 is 0. The Bertz CT molecular complexity index is 1110. The van der Waals surface area contributed by atoms with Gasteiger partial charge in [-0.05, 0) is 55.0 Å². The number of hydrogen-bond acceptors (Lipinski definition) is 3. The first kappa shape index (κ1) is 22.7. The third kappa shape index (κ3) is 4.98. The maximum absolute atomic E-state index is 13.4. The topological polar surface area (TPSA) is 53.5 Å². The molecule has 1 aliphatic heterocycles. The van der Waals surface area contributed by atoms with Gasteiger partial charge in [-0.3, -0.25) is 14.6 Å². The molecule has 2 heterocycles. The molecule has 4 rings (SSSR count). The number of piperidine rings is 1. The number of likely N-dealkylation sites (tertiary alicyclic amines) is 1. The number of pyridine rings is 1. The molecule has 0 bridgehead atoms. The number of nitrogens with zero attached hydrogens (tertiary/aromatic N) is 3. The monoisotopic (exact) mass is 441 g/mol. The number of aromatic nitrogens is 1. The molecule has 1 fully saturated rings. The molecule has 2 amide bonds. The Hall–Kier alpha value is -3.47. The van der Waals surface area contributed by atoms with E-state index in [0.717, 1.165) is 24.0 Å². The van der Waals surface area contributed by atoms with E-state index in [4.69, 9.17) is 0 Å². The Balaban J connectivity index is 1.58. The van der Waals surface area contributed by atoms with Crippen LogP contribution in [0.15, 0.2) is 73.1 Å². The van der Waals surface area contributed by atoms with E-state index < -0.39 is 5.41 Å². The lowest BCUT2D eigenvalue weighted by Crippen LogP contribution is -2.54. The Morgan fingerprint density at radius 3 is 2.15 bits per heavy atom. The molecule has 1 aliphatic rings. The molecule has 33 heavy (non-hydrogen) atoms. The predicted octanol–water partition coefficient (Wildman–Crippen LogP) is 4.61. The predicted molar refractivity (Wildman–Crippen MR) is 131 cm³/mol. The summed E-state index contributed by atoms with van der Waals surface area (Å²) in [4.78, 5) is 34.1. The van der Waals surface area contributed by atoms with Crippen molar-refractivity contribution in [1.82, 2.24) is 14.8 Å². The van der Waals surface area contributed by atoms with Crippen LogP contribution in [0.5, 0.6) is 0 Å². The normalized spacial score (nSPS) is 18.1. The number of benzene rings is 2. The Morgan fingerprint density at radius 2 is 1.55 bits per heavy atom. The lowest BCUT2D eigenvalue weighted by molar-refractivity contribution is -0.142. The SMILES string of the molecule is Cc1ccc(-c2ccc(C[C@]3(C(=O)N(C)C)CCCN(C(=O)c4ccncc4)C3)cc2)cc1. The average molecular weight is 442 g/mol. The van der Waals surface area contributed by atoms with E-state index in [1.54, 1.807) is 43.5 Å². The van der Waals surface area contributed by atoms with Gasteiger partial charge in [-0.1, -0.05) is 54.1 Å². The highest BCUT2D eigenvalue weighted by atomic mass is 16.2. The first-order valence-corrected chi connectivity index (χ1v) is 11.4. The van der Waals surface area contributed by atoms with E-state index in [1.165, 1.54) is 11.1 Å². The van der Waals surface area contributed by atoms with Gasteiger partial charge in [-0.2, -0.15) is 0 Å². The van der Waals surface area contributed by atoms with Crippen molar-refractivity contribution in [2.75, 3.05) is 27.2 Å². The van der Waals surface area contributed by atoms with E-state index in [2.05, 4.69) is 60.4 Å². The highest BCUT2D eigenvalue weighted by Crippen LogP contribution is 2.36. The molecule has 5 heteroatoms. The summed E-state index contributed by atoms with van der Waals surface area (Å²) in [5, 5.41) is 0. The van der Waals surface area contributed by atoms with Crippen LogP contribution in [-0.4, -0.2) is 53.8 Å². The molecule has 0 saturated carbocycles. The van der Waals surface area contributed by atoms with Gasteiger partial charge in [-0.15, -0.1) is 0 Å². The molecule has 1 saturated heterocycles. The lowest BCUT2D eigenvalue weighted by Gasteiger charge is -2.43. The van der Waals surface area contributed by atoms with Crippen molar-refractivity contribution in [3.8, 4) is 11.1 Å². The van der Waals surface area contributed by atoms with Crippen LogP contribution in [0.2, 0.25) is 0 Å². The molecule has 5 nitrogen and oxygen atoms in total. The minimum Gasteiger partial charge on any atom is -0.348 e. The summed E-state index contributed by atoms with van der Waals surface area (Å²) in [7, 11) is 3.60. The van der Waals surface area contributed by atoms with Gasteiger partial charge < -0.3 is 9.80 Å². The average Bonchev–Trinajstić information content (AvgIpc) is 2.85. The van der Waals surface area contributed by atoms with Gasteiger partial charge in [0.1, 0.15) is 0 Å². The summed E-state index contributed by atoms with van der Waals surface area (Å²) in [6, 6.07) is 20.4. The van der Waals surface area contributed by atoms with Gasteiger partial charge >= 0.3 is 0 Å². The first-order chi connectivity index (χ1) is 15.9. The quantitative estimate of drug-likeness (QED) is 0.581. The zero-order valence-electron chi connectivity index (χ0n) is 19.6. The molecular weight excluding hydrogens is 410 g/mol. The van der Waals surface area contributed by atoms with E-state index >= 15 is 0 Å². The van der Waals surface area contributed by atoms with Gasteiger partial charge in [0.05, 0.1) is 5.41 Å². The van der Waals surface area contributed by atoms with Crippen LogP contribution < -0.4 is 0 Å². The van der Waals surface area contributed by atoms with Crippen LogP contribution in [0.1, 0.15) is 34.3 Å². The number of aryl methyl sites for hydroxylation is 1. The lowest BCUT2D eigenvalue weighted by atomic mass is 9.73. The molecule has 0 radical (unpaired) electrons. The highest BCUT2D eigenvalue weighted by molar-refractivity contribution is 5.95. The van der Waals surface area contributed by atoms with Gasteiger partial charge in [0, 0.05) is 45.1 Å². The zero-order valence-corrected chi connectivity index (χ0v) is 19.6. The summed E-state index contributed by atoms with van der Waals surface area (Å²) in [5.41, 5.74) is 4.67. The largest absolute Gasteiger partial charge is 0.348 e. The molecule has 2 aromatic carbocycles. The van der Waals surface area contributed by atoms with Gasteiger partial charge in [0.2, 0.25) is 5.91 Å². The van der Waals surface area contributed by atoms with Crippen molar-refractivity contribution < 1.29 is 9.59 Å². The zero-order chi connectivity index (χ0) is 23.4. The number of carbonyl (C=O) groups excluding carboxylic acids is 2. The molecule has 0 spiro atoms. The van der Waals surface area contributed by atoms with Crippen LogP contribution in [0.4, 0.5) is 0 Å². The molecule has 3 aromatic rings. The fourth-order valence-corrected chi connectivity index (χ4v) is 4.80. The molecule has 1 atom stereocenters. The van der Waals surface area contributed by atoms with Crippen LogP contribution in [0, 0.1) is 12.3 Å². The molecular formula is C28H31N3O2. The first-order valence-electron chi connectivity index (χ1n) is 11.4. The molecule has 1 aromatic heterocycles. The molecule has 0 aliphatic carbocycles. The van der Waals surface area contributed by atoms with Crippen LogP contribution >= 0.6 is 0 Å². The van der Waals surface area contributed by atoms with Gasteiger partial charge in [-0.25, -0.2) is 0 Å². The molecule has 170 valence electrons. The molecule has 0 N–H and O–H groups in total. The Labute approximate surface area is 196 Å². The van der Waals surface area contributed by atoms with E-state index in [-0.39, 0.29) is 11.8 Å². The third-order valence-electron chi connectivity index (χ3n) is 6.53. The number of carbonyl (C=O) groups is 2. The number of hydrogen-bond donors (Lipinski definition) is 0. The fraction of sp³-hybridized carbons (Fsp3) is 0.321. The highest BCUT2D eigenvalue weighted by Gasteiger charge is 2.44. The second-order valence-corrected chi connectivity index (χ2v) is 9.29. The van der Waals surface area contributed by atoms with E-state index in [0.29, 0.717) is 25.1 Å².